The molecule has 0 aliphatic carbocycles. The Morgan fingerprint density at radius 1 is 0.273 bits per heavy atom. The zero-order valence-electron chi connectivity index (χ0n) is 5.29. The molecular weight excluding hydrogens is 176 g/mol. The molecule has 0 spiro atoms. The molecule has 0 aromatic heterocycles. The lowest BCUT2D eigenvalue weighted by molar-refractivity contribution is -0.176. The average Bonchev–Trinajstić information content (AvgIpc) is 1.50. The molecule has 0 heterocycles. The van der Waals surface area contributed by atoms with Gasteiger partial charge in [-0.15, -0.1) is 0 Å². The van der Waals surface area contributed by atoms with Gasteiger partial charge >= 0.3 is 0 Å². The van der Waals surface area contributed by atoms with E-state index in [9.17, 15) is 0 Å². The van der Waals surface area contributed by atoms with Gasteiger partial charge < -0.3 is 38.3 Å². The second-order valence-electron chi connectivity index (χ2n) is 0. The molecule has 11 heteroatoms. The molecule has 18 N–H and O–H groups in total. The zero-order valence-corrected chi connectivity index (χ0v) is 5.29. The number of hydrogen-bond donors (Lipinski definition) is 4. The van der Waals surface area contributed by atoms with E-state index in [0.29, 0.717) is 0 Å². The molecule has 11 heavy (non-hydrogen) atoms. The second-order valence-corrected chi connectivity index (χ2v) is 0. The lowest BCUT2D eigenvalue weighted by atomic mass is 15.0. The Bertz CT molecular complexity index is 0. The molecule has 0 amide bonds. The molecule has 0 aromatic carbocycles. The Morgan fingerprint density at radius 3 is 0.273 bits per heavy atom. The van der Waals surface area contributed by atoms with Crippen molar-refractivity contribution in [1.29, 1.82) is 0 Å². The maximum absolute atomic E-state index is 6.00. The molecule has 0 unspecified atom stereocenters. The minimum Gasteiger partial charge on any atom is -0.412 e. The fourth-order valence-corrected chi connectivity index (χ4v) is 0. The lowest BCUT2D eigenvalue weighted by Crippen LogP contribution is -1.29. The van der Waals surface area contributed by atoms with Crippen molar-refractivity contribution < 1.29 is 59.4 Å². The van der Waals surface area contributed by atoms with Gasteiger partial charge in [-0.1, -0.05) is 0 Å². The van der Waals surface area contributed by atoms with Crippen LogP contribution in [0.15, 0.2) is 0 Å². The maximum Gasteiger partial charge on any atom is -0.255 e. The van der Waals surface area contributed by atoms with Gasteiger partial charge in [0.05, 0.1) is 0 Å². The third-order valence-electron chi connectivity index (χ3n) is 0. The first-order valence-electron chi connectivity index (χ1n) is 0.400. The minimum atomic E-state index is 0. The molecule has 0 fully saturated rings. The monoisotopic (exact) mass is 194 g/mol. The van der Waals surface area contributed by atoms with Gasteiger partial charge in [0.2, 0.25) is 0 Å². The van der Waals surface area contributed by atoms with Gasteiger partial charge in [-0.25, -0.2) is 0 Å². The van der Waals surface area contributed by atoms with E-state index < -0.39 is 0 Å². The molecule has 0 rings (SSSR count). The summed E-state index contributed by atoms with van der Waals surface area (Å²) in [6.07, 6.45) is 0. The summed E-state index contributed by atoms with van der Waals surface area (Å²) in [5.74, 6) is 0. The van der Waals surface area contributed by atoms with Crippen LogP contribution < -0.4 is 0 Å². The molecular formula is H18O11. The van der Waals surface area contributed by atoms with Crippen molar-refractivity contribution in [3.05, 3.63) is 0 Å². The predicted octanol–water partition coefficient (Wildman–Crippen LogP) is -5.74. The standard InChI is InChI=1S/2H2O2.7H2O/c2*1-2;;;;;;;/h2*1-2H;7*1H2. The van der Waals surface area contributed by atoms with Crippen molar-refractivity contribution in [1.82, 2.24) is 0 Å². The normalized spacial score (nSPS) is 1.09. The Labute approximate surface area is 60.8 Å². The first-order valence-corrected chi connectivity index (χ1v) is 0.400. The van der Waals surface area contributed by atoms with E-state index in [-0.39, 0.29) is 38.3 Å². The topological polar surface area (TPSA) is 301 Å². The quantitative estimate of drug-likeness (QED) is 0.216. The highest BCUT2D eigenvalue weighted by atomic mass is 17.0. The Kier molecular flexibility index (Phi) is 130000. The van der Waals surface area contributed by atoms with Crippen LogP contribution in [0.1, 0.15) is 0 Å². The van der Waals surface area contributed by atoms with Crippen LogP contribution in [-0.4, -0.2) is 59.4 Å². The van der Waals surface area contributed by atoms with E-state index in [4.69, 9.17) is 21.0 Å². The van der Waals surface area contributed by atoms with Gasteiger partial charge in [0.15, 0.2) is 0 Å². The molecule has 0 aliphatic heterocycles. The first kappa shape index (κ1) is 397. The van der Waals surface area contributed by atoms with E-state index in [0.717, 1.165) is 0 Å². The van der Waals surface area contributed by atoms with Gasteiger partial charge in [0.25, 0.3) is 0 Å². The van der Waals surface area contributed by atoms with Gasteiger partial charge in [-0.3, -0.25) is 21.0 Å². The van der Waals surface area contributed by atoms with Crippen LogP contribution in [0.4, 0.5) is 0 Å². The summed E-state index contributed by atoms with van der Waals surface area (Å²) in [6.45, 7) is 0. The largest absolute Gasteiger partial charge is 0.412 e. The van der Waals surface area contributed by atoms with Crippen LogP contribution in [0, 0.1) is 0 Å². The average molecular weight is 194 g/mol. The number of rotatable bonds is 0. The summed E-state index contributed by atoms with van der Waals surface area (Å²) in [5.41, 5.74) is 0. The van der Waals surface area contributed by atoms with Crippen molar-refractivity contribution in [2.24, 2.45) is 0 Å². The van der Waals surface area contributed by atoms with Crippen molar-refractivity contribution in [2.45, 2.75) is 0 Å². The molecule has 0 saturated heterocycles. The van der Waals surface area contributed by atoms with E-state index in [2.05, 4.69) is 0 Å². The lowest BCUT2D eigenvalue weighted by Gasteiger charge is -1.25. The molecule has 84 valence electrons. The summed E-state index contributed by atoms with van der Waals surface area (Å²) in [4.78, 5) is 0. The van der Waals surface area contributed by atoms with Crippen LogP contribution in [0.3, 0.4) is 0 Å². The summed E-state index contributed by atoms with van der Waals surface area (Å²) in [5, 5.41) is 24.0. The summed E-state index contributed by atoms with van der Waals surface area (Å²) in [7, 11) is 0. The fraction of sp³-hybridized carbons (Fsp3) is 0. The first-order chi connectivity index (χ1) is 2.00. The molecule has 0 aromatic rings. The smallest absolute Gasteiger partial charge is 0.255 e. The van der Waals surface area contributed by atoms with E-state index in [1.165, 1.54) is 0 Å². The molecule has 0 bridgehead atoms. The van der Waals surface area contributed by atoms with Crippen LogP contribution in [0.5, 0.6) is 0 Å². The third-order valence-corrected chi connectivity index (χ3v) is 0. The summed E-state index contributed by atoms with van der Waals surface area (Å²) < 4.78 is 0. The van der Waals surface area contributed by atoms with Crippen molar-refractivity contribution in [3.8, 4) is 0 Å². The predicted molar refractivity (Wildman–Crippen MR) is 35.8 cm³/mol. The van der Waals surface area contributed by atoms with Crippen molar-refractivity contribution in [2.75, 3.05) is 0 Å². The molecule has 0 atom stereocenters. The molecule has 0 saturated carbocycles. The van der Waals surface area contributed by atoms with Crippen molar-refractivity contribution >= 4 is 0 Å². The molecule has 0 aliphatic rings. The molecule has 0 radical (unpaired) electrons. The fourth-order valence-electron chi connectivity index (χ4n) is 0. The SMILES string of the molecule is O.O.O.O.O.O.O.OO.OO. The second kappa shape index (κ2) is 3620. The highest BCUT2D eigenvalue weighted by Gasteiger charge is 0.747. The van der Waals surface area contributed by atoms with Crippen LogP contribution >= 0.6 is 0 Å². The highest BCUT2D eigenvalue weighted by molar-refractivity contribution is 1.83. The zero-order chi connectivity index (χ0) is 4.00. The maximum atomic E-state index is 6.00. The third kappa shape index (κ3) is 2820. The van der Waals surface area contributed by atoms with Gasteiger partial charge in [-0.2, -0.15) is 0 Å². The van der Waals surface area contributed by atoms with E-state index in [1.807, 2.05) is 0 Å². The van der Waals surface area contributed by atoms with Crippen LogP contribution in [-0.2, 0) is 0 Å². The van der Waals surface area contributed by atoms with Gasteiger partial charge in [-0.05, 0) is 0 Å². The van der Waals surface area contributed by atoms with Gasteiger partial charge in [0.1, 0.15) is 0 Å². The Morgan fingerprint density at radius 2 is 0.273 bits per heavy atom. The van der Waals surface area contributed by atoms with Gasteiger partial charge in [0, 0.05) is 0 Å². The summed E-state index contributed by atoms with van der Waals surface area (Å²) in [6, 6.07) is 0. The van der Waals surface area contributed by atoms with E-state index >= 15 is 0 Å². The summed E-state index contributed by atoms with van der Waals surface area (Å²) >= 11 is 0. The van der Waals surface area contributed by atoms with Crippen LogP contribution in [0.25, 0.3) is 0 Å². The minimum absolute atomic E-state index is 0. The Balaban J connectivity index is -0.000000000635. The highest BCUT2D eigenvalue weighted by Crippen LogP contribution is 0.713. The Hall–Kier alpha value is -0.440. The molecule has 11 nitrogen and oxygen atoms in total. The number of hydrogen-bond acceptors (Lipinski definition) is 4. The van der Waals surface area contributed by atoms with Crippen molar-refractivity contribution in [3.63, 3.8) is 0 Å². The van der Waals surface area contributed by atoms with Crippen LogP contribution in [0.2, 0.25) is 0 Å². The van der Waals surface area contributed by atoms with E-state index in [1.54, 1.807) is 0 Å².